The summed E-state index contributed by atoms with van der Waals surface area (Å²) in [6, 6.07) is 5.21. The predicted octanol–water partition coefficient (Wildman–Crippen LogP) is 3.71. The molecule has 4 nitrogen and oxygen atoms in total. The van der Waals surface area contributed by atoms with Gasteiger partial charge in [0.25, 0.3) is 0 Å². The second-order valence-electron chi connectivity index (χ2n) is 6.32. The first kappa shape index (κ1) is 19.3. The molecule has 130 valence electrons. The van der Waals surface area contributed by atoms with Crippen molar-refractivity contribution in [1.82, 2.24) is 10.6 Å². The quantitative estimate of drug-likeness (QED) is 0.864. The van der Waals surface area contributed by atoms with Crippen LogP contribution in [0, 0.1) is 0 Å². The Kier molecular flexibility index (Phi) is 6.44. The monoisotopic (exact) mass is 332 g/mol. The number of benzene rings is 1. The van der Waals surface area contributed by atoms with Crippen molar-refractivity contribution in [2.24, 2.45) is 0 Å². The average Bonchev–Trinajstić information content (AvgIpc) is 2.40. The summed E-state index contributed by atoms with van der Waals surface area (Å²) in [5, 5.41) is 5.53. The standard InChI is InChI=1S/C16H23F3N2O2/c1-11(9-21-14(22)23-15(2,3)4)20-10-12-7-5-6-8-13(12)16(17,18)19/h5-8,11,20H,9-10H2,1-4H3,(H,21,22). The van der Waals surface area contributed by atoms with Crippen LogP contribution in [-0.2, 0) is 17.5 Å². The lowest BCUT2D eigenvalue weighted by atomic mass is 10.1. The molecule has 23 heavy (non-hydrogen) atoms. The van der Waals surface area contributed by atoms with E-state index >= 15 is 0 Å². The highest BCUT2D eigenvalue weighted by atomic mass is 19.4. The van der Waals surface area contributed by atoms with Crippen LogP contribution in [0.25, 0.3) is 0 Å². The fraction of sp³-hybridized carbons (Fsp3) is 0.562. The molecule has 1 unspecified atom stereocenters. The molecule has 0 aromatic heterocycles. The Bertz CT molecular complexity index is 525. The normalized spacial score (nSPS) is 13.5. The average molecular weight is 332 g/mol. The lowest BCUT2D eigenvalue weighted by Gasteiger charge is -2.21. The highest BCUT2D eigenvalue weighted by molar-refractivity contribution is 5.67. The van der Waals surface area contributed by atoms with E-state index in [-0.39, 0.29) is 24.7 Å². The van der Waals surface area contributed by atoms with Crippen molar-refractivity contribution in [1.29, 1.82) is 0 Å². The zero-order valence-electron chi connectivity index (χ0n) is 13.8. The molecule has 0 heterocycles. The van der Waals surface area contributed by atoms with E-state index in [4.69, 9.17) is 4.74 Å². The van der Waals surface area contributed by atoms with Gasteiger partial charge in [0, 0.05) is 19.1 Å². The number of amides is 1. The fourth-order valence-electron chi connectivity index (χ4n) is 1.86. The molecular formula is C16H23F3N2O2. The maximum atomic E-state index is 12.9. The summed E-state index contributed by atoms with van der Waals surface area (Å²) in [4.78, 5) is 11.5. The number of carbonyl (C=O) groups excluding carboxylic acids is 1. The van der Waals surface area contributed by atoms with Gasteiger partial charge in [0.15, 0.2) is 0 Å². The second-order valence-corrected chi connectivity index (χ2v) is 6.32. The van der Waals surface area contributed by atoms with Gasteiger partial charge in [0.2, 0.25) is 0 Å². The lowest BCUT2D eigenvalue weighted by molar-refractivity contribution is -0.138. The maximum Gasteiger partial charge on any atom is 0.416 e. The summed E-state index contributed by atoms with van der Waals surface area (Å²) in [6.07, 6.45) is -4.93. The molecule has 2 N–H and O–H groups in total. The van der Waals surface area contributed by atoms with Crippen LogP contribution in [0.3, 0.4) is 0 Å². The molecule has 0 fully saturated rings. The van der Waals surface area contributed by atoms with E-state index in [1.54, 1.807) is 33.8 Å². The van der Waals surface area contributed by atoms with Crippen LogP contribution in [0.5, 0.6) is 0 Å². The highest BCUT2D eigenvalue weighted by Gasteiger charge is 2.32. The van der Waals surface area contributed by atoms with Crippen LogP contribution in [0.4, 0.5) is 18.0 Å². The molecule has 0 saturated carbocycles. The lowest BCUT2D eigenvalue weighted by Crippen LogP contribution is -2.41. The Hall–Kier alpha value is -1.76. The van der Waals surface area contributed by atoms with Crippen molar-refractivity contribution in [3.8, 4) is 0 Å². The van der Waals surface area contributed by atoms with Crippen LogP contribution in [0.1, 0.15) is 38.8 Å². The first-order chi connectivity index (χ1) is 10.5. The Balaban J connectivity index is 2.49. The number of hydrogen-bond acceptors (Lipinski definition) is 3. The maximum absolute atomic E-state index is 12.9. The molecular weight excluding hydrogens is 309 g/mol. The van der Waals surface area contributed by atoms with Crippen LogP contribution in [0.15, 0.2) is 24.3 Å². The predicted molar refractivity (Wildman–Crippen MR) is 82.0 cm³/mol. The molecule has 1 rings (SSSR count). The first-order valence-corrected chi connectivity index (χ1v) is 7.34. The van der Waals surface area contributed by atoms with Gasteiger partial charge in [-0.25, -0.2) is 4.79 Å². The number of halogens is 3. The van der Waals surface area contributed by atoms with E-state index in [2.05, 4.69) is 10.6 Å². The van der Waals surface area contributed by atoms with Crippen molar-refractivity contribution in [3.63, 3.8) is 0 Å². The third-order valence-corrected chi connectivity index (χ3v) is 2.92. The minimum atomic E-state index is -4.38. The number of hydrogen-bond donors (Lipinski definition) is 2. The van der Waals surface area contributed by atoms with E-state index in [1.165, 1.54) is 12.1 Å². The van der Waals surface area contributed by atoms with Crippen molar-refractivity contribution in [3.05, 3.63) is 35.4 Å². The smallest absolute Gasteiger partial charge is 0.416 e. The Morgan fingerprint density at radius 2 is 1.83 bits per heavy atom. The van der Waals surface area contributed by atoms with Gasteiger partial charge in [-0.1, -0.05) is 18.2 Å². The van der Waals surface area contributed by atoms with Crippen LogP contribution in [0.2, 0.25) is 0 Å². The van der Waals surface area contributed by atoms with E-state index < -0.39 is 23.4 Å². The molecule has 0 aliphatic carbocycles. The molecule has 1 atom stereocenters. The first-order valence-electron chi connectivity index (χ1n) is 7.34. The molecule has 1 amide bonds. The van der Waals surface area contributed by atoms with Crippen LogP contribution in [-0.4, -0.2) is 24.3 Å². The third-order valence-electron chi connectivity index (χ3n) is 2.92. The van der Waals surface area contributed by atoms with E-state index in [0.29, 0.717) is 0 Å². The molecule has 0 aliphatic heterocycles. The fourth-order valence-corrected chi connectivity index (χ4v) is 1.86. The Morgan fingerprint density at radius 3 is 2.39 bits per heavy atom. The van der Waals surface area contributed by atoms with Gasteiger partial charge >= 0.3 is 12.3 Å². The van der Waals surface area contributed by atoms with Gasteiger partial charge in [-0.15, -0.1) is 0 Å². The summed E-state index contributed by atoms with van der Waals surface area (Å²) in [6.45, 7) is 7.34. The molecule has 1 aromatic rings. The highest BCUT2D eigenvalue weighted by Crippen LogP contribution is 2.31. The van der Waals surface area contributed by atoms with E-state index in [9.17, 15) is 18.0 Å². The van der Waals surface area contributed by atoms with Crippen molar-refractivity contribution in [2.45, 2.75) is 52.1 Å². The van der Waals surface area contributed by atoms with Gasteiger partial charge < -0.3 is 15.4 Å². The largest absolute Gasteiger partial charge is 0.444 e. The van der Waals surface area contributed by atoms with Gasteiger partial charge in [-0.05, 0) is 39.3 Å². The van der Waals surface area contributed by atoms with Crippen LogP contribution < -0.4 is 10.6 Å². The number of rotatable bonds is 5. The summed E-state index contributed by atoms with van der Waals surface area (Å²) in [5.41, 5.74) is -1.07. The summed E-state index contributed by atoms with van der Waals surface area (Å²) in [7, 11) is 0. The number of nitrogens with one attached hydrogen (secondary N) is 2. The van der Waals surface area contributed by atoms with Gasteiger partial charge in [-0.3, -0.25) is 0 Å². The SMILES string of the molecule is CC(CNC(=O)OC(C)(C)C)NCc1ccccc1C(F)(F)F. The molecule has 0 radical (unpaired) electrons. The van der Waals surface area contributed by atoms with E-state index in [0.717, 1.165) is 6.07 Å². The Labute approximate surface area is 134 Å². The number of alkyl carbamates (subject to hydrolysis) is 1. The van der Waals surface area contributed by atoms with Crippen molar-refractivity contribution < 1.29 is 22.7 Å². The number of ether oxygens (including phenoxy) is 1. The second kappa shape index (κ2) is 7.68. The molecule has 0 spiro atoms. The van der Waals surface area contributed by atoms with Crippen molar-refractivity contribution >= 4 is 6.09 Å². The topological polar surface area (TPSA) is 50.4 Å². The zero-order valence-corrected chi connectivity index (χ0v) is 13.8. The van der Waals surface area contributed by atoms with Crippen molar-refractivity contribution in [2.75, 3.05) is 6.54 Å². The minimum Gasteiger partial charge on any atom is -0.444 e. The molecule has 0 aliphatic rings. The van der Waals surface area contributed by atoms with Crippen LogP contribution >= 0.6 is 0 Å². The molecule has 0 saturated heterocycles. The third kappa shape index (κ3) is 7.36. The summed E-state index contributed by atoms with van der Waals surface area (Å²) >= 11 is 0. The molecule has 7 heteroatoms. The number of alkyl halides is 3. The number of carbonyl (C=O) groups is 1. The summed E-state index contributed by atoms with van der Waals surface area (Å²) < 4.78 is 43.7. The van der Waals surface area contributed by atoms with Gasteiger partial charge in [0.1, 0.15) is 5.60 Å². The Morgan fingerprint density at radius 1 is 1.22 bits per heavy atom. The molecule has 0 bridgehead atoms. The zero-order chi connectivity index (χ0) is 17.7. The molecule has 1 aromatic carbocycles. The van der Waals surface area contributed by atoms with Gasteiger partial charge in [-0.2, -0.15) is 13.2 Å². The minimum absolute atomic E-state index is 0.0623. The van der Waals surface area contributed by atoms with E-state index in [1.807, 2.05) is 0 Å². The summed E-state index contributed by atoms with van der Waals surface area (Å²) in [5.74, 6) is 0. The van der Waals surface area contributed by atoms with Gasteiger partial charge in [0.05, 0.1) is 5.56 Å².